The van der Waals surface area contributed by atoms with Crippen LogP contribution in [0.4, 0.5) is 0 Å². The van der Waals surface area contributed by atoms with Crippen LogP contribution in [0.15, 0.2) is 59.1 Å². The number of methoxy groups -OCH3 is 2. The van der Waals surface area contributed by atoms with Crippen LogP contribution in [0.1, 0.15) is 27.4 Å². The zero-order chi connectivity index (χ0) is 22.9. The minimum Gasteiger partial charge on any atom is -0.497 e. The van der Waals surface area contributed by atoms with E-state index in [1.807, 2.05) is 36.4 Å². The highest BCUT2D eigenvalue weighted by atomic mass is 35.5. The molecule has 0 aliphatic rings. The molecule has 0 bridgehead atoms. The van der Waals surface area contributed by atoms with Gasteiger partial charge in [0.2, 0.25) is 5.91 Å². The Morgan fingerprint density at radius 1 is 1.03 bits per heavy atom. The van der Waals surface area contributed by atoms with Gasteiger partial charge in [-0.05, 0) is 35.4 Å². The molecule has 2 aromatic carbocycles. The summed E-state index contributed by atoms with van der Waals surface area (Å²) in [6.07, 6.45) is 0. The number of benzene rings is 2. The first kappa shape index (κ1) is 23.3. The minimum absolute atomic E-state index is 0.0725. The van der Waals surface area contributed by atoms with Crippen LogP contribution in [0.5, 0.6) is 5.75 Å². The van der Waals surface area contributed by atoms with Crippen molar-refractivity contribution in [1.82, 2.24) is 15.4 Å². The number of nitrogens with one attached hydrogen (secondary N) is 1. The SMILES string of the molecule is COCC(=O)N(Cc1ccc(Cl)cc1)Cc1cc(C(=O)NCc2ccc(OC)cc2)no1. The van der Waals surface area contributed by atoms with Crippen molar-refractivity contribution in [1.29, 1.82) is 0 Å². The highest BCUT2D eigenvalue weighted by Crippen LogP contribution is 2.15. The van der Waals surface area contributed by atoms with Gasteiger partial charge in [0.05, 0.1) is 13.7 Å². The molecular weight excluding hydrogens is 434 g/mol. The maximum atomic E-state index is 12.5. The quantitative estimate of drug-likeness (QED) is 0.501. The van der Waals surface area contributed by atoms with E-state index < -0.39 is 0 Å². The van der Waals surface area contributed by atoms with E-state index in [0.29, 0.717) is 23.9 Å². The molecule has 3 rings (SSSR count). The van der Waals surface area contributed by atoms with Crippen LogP contribution in [-0.2, 0) is 29.2 Å². The maximum Gasteiger partial charge on any atom is 0.273 e. The molecule has 32 heavy (non-hydrogen) atoms. The van der Waals surface area contributed by atoms with E-state index in [4.69, 9.17) is 25.6 Å². The Balaban J connectivity index is 1.62. The second-order valence-electron chi connectivity index (χ2n) is 7.02. The van der Waals surface area contributed by atoms with Gasteiger partial charge < -0.3 is 24.2 Å². The zero-order valence-corrected chi connectivity index (χ0v) is 18.6. The number of hydrogen-bond acceptors (Lipinski definition) is 6. The van der Waals surface area contributed by atoms with Crippen molar-refractivity contribution in [2.75, 3.05) is 20.8 Å². The topological polar surface area (TPSA) is 93.9 Å². The molecule has 0 aliphatic heterocycles. The Bertz CT molecular complexity index is 1030. The molecule has 9 heteroatoms. The van der Waals surface area contributed by atoms with Gasteiger partial charge >= 0.3 is 0 Å². The first-order valence-electron chi connectivity index (χ1n) is 9.86. The van der Waals surface area contributed by atoms with Crippen LogP contribution in [0, 0.1) is 0 Å². The van der Waals surface area contributed by atoms with Gasteiger partial charge in [-0.25, -0.2) is 0 Å². The Labute approximate surface area is 191 Å². The monoisotopic (exact) mass is 457 g/mol. The smallest absolute Gasteiger partial charge is 0.273 e. The molecule has 0 aliphatic carbocycles. The fourth-order valence-corrected chi connectivity index (χ4v) is 3.08. The van der Waals surface area contributed by atoms with Crippen molar-refractivity contribution in [2.24, 2.45) is 0 Å². The van der Waals surface area contributed by atoms with Crippen molar-refractivity contribution in [3.8, 4) is 5.75 Å². The van der Waals surface area contributed by atoms with Gasteiger partial charge in [-0.3, -0.25) is 9.59 Å². The number of halogens is 1. The minimum atomic E-state index is -0.372. The molecule has 3 aromatic rings. The van der Waals surface area contributed by atoms with Gasteiger partial charge in [0.1, 0.15) is 12.4 Å². The number of carbonyl (C=O) groups is 2. The fraction of sp³-hybridized carbons (Fsp3) is 0.261. The lowest BCUT2D eigenvalue weighted by Crippen LogP contribution is -2.32. The number of hydrogen-bond donors (Lipinski definition) is 1. The van der Waals surface area contributed by atoms with Gasteiger partial charge in [-0.15, -0.1) is 0 Å². The van der Waals surface area contributed by atoms with Gasteiger partial charge in [-0.2, -0.15) is 0 Å². The summed E-state index contributed by atoms with van der Waals surface area (Å²) in [6, 6.07) is 16.1. The first-order valence-corrected chi connectivity index (χ1v) is 10.2. The lowest BCUT2D eigenvalue weighted by molar-refractivity contribution is -0.136. The predicted octanol–water partition coefficient (Wildman–Crippen LogP) is 3.44. The molecule has 0 saturated carbocycles. The van der Waals surface area contributed by atoms with E-state index in [1.54, 1.807) is 24.1 Å². The van der Waals surface area contributed by atoms with Crippen molar-refractivity contribution in [3.05, 3.63) is 82.2 Å². The second-order valence-corrected chi connectivity index (χ2v) is 7.45. The number of carbonyl (C=O) groups excluding carboxylic acids is 2. The van der Waals surface area contributed by atoms with E-state index in [1.165, 1.54) is 13.2 Å². The average molecular weight is 458 g/mol. The summed E-state index contributed by atoms with van der Waals surface area (Å²) in [4.78, 5) is 26.5. The summed E-state index contributed by atoms with van der Waals surface area (Å²) in [5, 5.41) is 7.25. The Kier molecular flexibility index (Phi) is 8.24. The molecular formula is C23H24ClN3O5. The number of aromatic nitrogens is 1. The largest absolute Gasteiger partial charge is 0.497 e. The molecule has 0 unspecified atom stereocenters. The summed E-state index contributed by atoms with van der Waals surface area (Å²) in [6.45, 7) is 0.736. The molecule has 168 valence electrons. The normalized spacial score (nSPS) is 10.6. The van der Waals surface area contributed by atoms with Crippen LogP contribution in [0.25, 0.3) is 0 Å². The van der Waals surface area contributed by atoms with Crippen molar-refractivity contribution in [2.45, 2.75) is 19.6 Å². The highest BCUT2D eigenvalue weighted by molar-refractivity contribution is 6.30. The molecule has 0 saturated heterocycles. The van der Waals surface area contributed by atoms with Crippen LogP contribution in [-0.4, -0.2) is 42.7 Å². The average Bonchev–Trinajstić information content (AvgIpc) is 3.27. The molecule has 1 heterocycles. The lowest BCUT2D eigenvalue weighted by atomic mass is 10.2. The van der Waals surface area contributed by atoms with Crippen LogP contribution >= 0.6 is 11.6 Å². The lowest BCUT2D eigenvalue weighted by Gasteiger charge is -2.21. The number of amides is 2. The summed E-state index contributed by atoms with van der Waals surface area (Å²) < 4.78 is 15.4. The first-order chi connectivity index (χ1) is 15.5. The number of nitrogens with zero attached hydrogens (tertiary/aromatic N) is 2. The van der Waals surface area contributed by atoms with Gasteiger partial charge in [-0.1, -0.05) is 41.0 Å². The van der Waals surface area contributed by atoms with Gasteiger partial charge in [0, 0.05) is 31.3 Å². The van der Waals surface area contributed by atoms with Crippen molar-refractivity contribution < 1.29 is 23.6 Å². The van der Waals surface area contributed by atoms with E-state index in [0.717, 1.165) is 16.9 Å². The van der Waals surface area contributed by atoms with E-state index in [-0.39, 0.29) is 30.7 Å². The highest BCUT2D eigenvalue weighted by Gasteiger charge is 2.19. The van der Waals surface area contributed by atoms with Crippen LogP contribution in [0.2, 0.25) is 5.02 Å². The standard InChI is InChI=1S/C23H24ClN3O5/c1-30-15-22(28)27(13-17-3-7-18(24)8-4-17)14-20-11-21(26-32-20)23(29)25-12-16-5-9-19(31-2)10-6-16/h3-11H,12-15H2,1-2H3,(H,25,29). The molecule has 1 aromatic heterocycles. The van der Waals surface area contributed by atoms with Crippen molar-refractivity contribution >= 4 is 23.4 Å². The molecule has 0 spiro atoms. The Morgan fingerprint density at radius 3 is 2.38 bits per heavy atom. The van der Waals surface area contributed by atoms with E-state index in [2.05, 4.69) is 10.5 Å². The van der Waals surface area contributed by atoms with E-state index in [9.17, 15) is 9.59 Å². The summed E-state index contributed by atoms with van der Waals surface area (Å²) in [5.41, 5.74) is 1.96. The maximum absolute atomic E-state index is 12.5. The van der Waals surface area contributed by atoms with Crippen molar-refractivity contribution in [3.63, 3.8) is 0 Å². The molecule has 0 fully saturated rings. The molecule has 8 nitrogen and oxygen atoms in total. The predicted molar refractivity (Wildman–Crippen MR) is 118 cm³/mol. The van der Waals surface area contributed by atoms with Crippen LogP contribution in [0.3, 0.4) is 0 Å². The molecule has 0 radical (unpaired) electrons. The van der Waals surface area contributed by atoms with Gasteiger partial charge in [0.15, 0.2) is 11.5 Å². The van der Waals surface area contributed by atoms with E-state index >= 15 is 0 Å². The molecule has 1 N–H and O–H groups in total. The molecule has 2 amide bonds. The number of rotatable bonds is 10. The Morgan fingerprint density at radius 2 is 1.72 bits per heavy atom. The number of ether oxygens (including phenoxy) is 2. The summed E-state index contributed by atoms with van der Waals surface area (Å²) >= 11 is 5.93. The summed E-state index contributed by atoms with van der Waals surface area (Å²) in [5.74, 6) is 0.540. The fourth-order valence-electron chi connectivity index (χ4n) is 2.96. The van der Waals surface area contributed by atoms with Crippen LogP contribution < -0.4 is 10.1 Å². The zero-order valence-electron chi connectivity index (χ0n) is 17.8. The van der Waals surface area contributed by atoms with Gasteiger partial charge in [0.25, 0.3) is 5.91 Å². The third-order valence-corrected chi connectivity index (χ3v) is 4.91. The molecule has 0 atom stereocenters. The Hall–Kier alpha value is -3.36. The summed E-state index contributed by atoms with van der Waals surface area (Å²) in [7, 11) is 3.05. The third-order valence-electron chi connectivity index (χ3n) is 4.66. The second kappa shape index (κ2) is 11.3. The third kappa shape index (κ3) is 6.57.